The lowest BCUT2D eigenvalue weighted by Crippen LogP contribution is -2.18. The molecule has 86 valence electrons. The molecule has 16 heavy (non-hydrogen) atoms. The van der Waals surface area contributed by atoms with E-state index in [1.54, 1.807) is 0 Å². The van der Waals surface area contributed by atoms with Crippen molar-refractivity contribution >= 4 is 5.97 Å². The highest BCUT2D eigenvalue weighted by Crippen LogP contribution is 2.15. The van der Waals surface area contributed by atoms with Gasteiger partial charge in [-0.3, -0.25) is 4.79 Å². The van der Waals surface area contributed by atoms with Crippen LogP contribution >= 0.6 is 0 Å². The number of allylic oxidation sites excluding steroid dienone is 1. The number of carbonyl (C=O) groups excluding carboxylic acids is 1. The van der Waals surface area contributed by atoms with Gasteiger partial charge in [-0.1, -0.05) is 36.4 Å². The zero-order chi connectivity index (χ0) is 11.8. The fraction of sp³-hybridized carbons (Fsp3) is 0.357. The molecule has 0 heterocycles. The molecule has 0 aliphatic carbocycles. The SMILES string of the molecule is C=CCCC(Cc1ccccc1)C(=O)OC. The number of carbonyl (C=O) groups is 1. The Kier molecular flexibility index (Phi) is 5.34. The van der Waals surface area contributed by atoms with Crippen LogP contribution in [0.15, 0.2) is 43.0 Å². The largest absolute Gasteiger partial charge is 0.469 e. The highest BCUT2D eigenvalue weighted by atomic mass is 16.5. The predicted octanol–water partition coefficient (Wildman–Crippen LogP) is 2.98. The molecule has 0 bridgehead atoms. The number of hydrogen-bond acceptors (Lipinski definition) is 2. The first-order valence-corrected chi connectivity index (χ1v) is 5.50. The molecule has 0 amide bonds. The van der Waals surface area contributed by atoms with Gasteiger partial charge in [0.25, 0.3) is 0 Å². The summed E-state index contributed by atoms with van der Waals surface area (Å²) in [7, 11) is 1.44. The summed E-state index contributed by atoms with van der Waals surface area (Å²) in [5, 5.41) is 0. The first-order chi connectivity index (χ1) is 7.77. The van der Waals surface area contributed by atoms with E-state index in [1.807, 2.05) is 36.4 Å². The van der Waals surface area contributed by atoms with Crippen molar-refractivity contribution in [2.75, 3.05) is 7.11 Å². The van der Waals surface area contributed by atoms with Gasteiger partial charge in [0.05, 0.1) is 13.0 Å². The van der Waals surface area contributed by atoms with Gasteiger partial charge in [-0.15, -0.1) is 6.58 Å². The second kappa shape index (κ2) is 6.83. The Morgan fingerprint density at radius 1 is 1.44 bits per heavy atom. The Morgan fingerprint density at radius 2 is 2.12 bits per heavy atom. The van der Waals surface area contributed by atoms with E-state index in [0.717, 1.165) is 19.3 Å². The third-order valence-electron chi connectivity index (χ3n) is 2.58. The molecular weight excluding hydrogens is 200 g/mol. The average molecular weight is 218 g/mol. The predicted molar refractivity (Wildman–Crippen MR) is 65.1 cm³/mol. The van der Waals surface area contributed by atoms with Crippen LogP contribution in [-0.2, 0) is 16.0 Å². The molecule has 0 N–H and O–H groups in total. The highest BCUT2D eigenvalue weighted by Gasteiger charge is 2.18. The monoisotopic (exact) mass is 218 g/mol. The molecule has 1 unspecified atom stereocenters. The van der Waals surface area contributed by atoms with E-state index in [9.17, 15) is 4.79 Å². The lowest BCUT2D eigenvalue weighted by molar-refractivity contribution is -0.145. The Morgan fingerprint density at radius 3 is 2.69 bits per heavy atom. The standard InChI is InChI=1S/C14H18O2/c1-3-4-10-13(14(15)16-2)11-12-8-6-5-7-9-12/h3,5-9,13H,1,4,10-11H2,2H3. The van der Waals surface area contributed by atoms with E-state index < -0.39 is 0 Å². The quantitative estimate of drug-likeness (QED) is 0.542. The lowest BCUT2D eigenvalue weighted by Gasteiger charge is -2.13. The van der Waals surface area contributed by atoms with Crippen molar-refractivity contribution in [1.82, 2.24) is 0 Å². The fourth-order valence-corrected chi connectivity index (χ4v) is 1.69. The van der Waals surface area contributed by atoms with Crippen LogP contribution in [0.2, 0.25) is 0 Å². The molecule has 2 heteroatoms. The first kappa shape index (κ1) is 12.5. The van der Waals surface area contributed by atoms with Gasteiger partial charge in [-0.05, 0) is 24.8 Å². The van der Waals surface area contributed by atoms with Crippen molar-refractivity contribution in [3.8, 4) is 0 Å². The zero-order valence-corrected chi connectivity index (χ0v) is 9.69. The van der Waals surface area contributed by atoms with Crippen molar-refractivity contribution in [1.29, 1.82) is 0 Å². The molecule has 0 aromatic heterocycles. The van der Waals surface area contributed by atoms with E-state index in [1.165, 1.54) is 12.7 Å². The summed E-state index contributed by atoms with van der Waals surface area (Å²) in [6.45, 7) is 3.67. The van der Waals surface area contributed by atoms with Gasteiger partial charge < -0.3 is 4.74 Å². The molecule has 1 atom stereocenters. The van der Waals surface area contributed by atoms with Crippen molar-refractivity contribution < 1.29 is 9.53 Å². The number of esters is 1. The smallest absolute Gasteiger partial charge is 0.308 e. The molecule has 0 radical (unpaired) electrons. The molecule has 0 fully saturated rings. The maximum Gasteiger partial charge on any atom is 0.308 e. The molecule has 0 saturated carbocycles. The van der Waals surface area contributed by atoms with E-state index in [2.05, 4.69) is 6.58 Å². The van der Waals surface area contributed by atoms with Crippen LogP contribution in [0.1, 0.15) is 18.4 Å². The van der Waals surface area contributed by atoms with Gasteiger partial charge in [0, 0.05) is 0 Å². The molecule has 1 aromatic rings. The summed E-state index contributed by atoms with van der Waals surface area (Å²) in [4.78, 5) is 11.6. The van der Waals surface area contributed by atoms with Crippen LogP contribution in [0.25, 0.3) is 0 Å². The Labute approximate surface area is 96.9 Å². The minimum Gasteiger partial charge on any atom is -0.469 e. The molecule has 1 rings (SSSR count). The Bertz CT molecular complexity index is 330. The zero-order valence-electron chi connectivity index (χ0n) is 9.69. The summed E-state index contributed by atoms with van der Waals surface area (Å²) in [5.74, 6) is -0.198. The van der Waals surface area contributed by atoms with Crippen LogP contribution in [-0.4, -0.2) is 13.1 Å². The van der Waals surface area contributed by atoms with Crippen molar-refractivity contribution in [2.24, 2.45) is 5.92 Å². The topological polar surface area (TPSA) is 26.3 Å². The molecule has 0 aliphatic rings. The maximum atomic E-state index is 11.6. The molecule has 0 saturated heterocycles. The molecule has 2 nitrogen and oxygen atoms in total. The van der Waals surface area contributed by atoms with Crippen LogP contribution in [0.3, 0.4) is 0 Å². The highest BCUT2D eigenvalue weighted by molar-refractivity contribution is 5.72. The minimum absolute atomic E-state index is 0.0644. The van der Waals surface area contributed by atoms with Crippen LogP contribution in [0, 0.1) is 5.92 Å². The lowest BCUT2D eigenvalue weighted by atomic mass is 9.95. The Hall–Kier alpha value is -1.57. The van der Waals surface area contributed by atoms with E-state index in [-0.39, 0.29) is 11.9 Å². The summed E-state index contributed by atoms with van der Waals surface area (Å²) in [5.41, 5.74) is 1.17. The summed E-state index contributed by atoms with van der Waals surface area (Å²) in [6.07, 6.45) is 4.21. The number of ether oxygens (including phenoxy) is 1. The van der Waals surface area contributed by atoms with Gasteiger partial charge in [-0.25, -0.2) is 0 Å². The summed E-state index contributed by atoms with van der Waals surface area (Å²) >= 11 is 0. The van der Waals surface area contributed by atoms with Gasteiger partial charge in [0.1, 0.15) is 0 Å². The number of rotatable bonds is 6. The van der Waals surface area contributed by atoms with Crippen molar-refractivity contribution in [3.63, 3.8) is 0 Å². The van der Waals surface area contributed by atoms with E-state index in [4.69, 9.17) is 4.74 Å². The third kappa shape index (κ3) is 3.89. The number of benzene rings is 1. The second-order valence-electron chi connectivity index (χ2n) is 3.78. The third-order valence-corrected chi connectivity index (χ3v) is 2.58. The molecule has 0 aliphatic heterocycles. The average Bonchev–Trinajstić information content (AvgIpc) is 2.34. The fourth-order valence-electron chi connectivity index (χ4n) is 1.69. The summed E-state index contributed by atoms with van der Waals surface area (Å²) in [6, 6.07) is 10.0. The van der Waals surface area contributed by atoms with Crippen LogP contribution in [0.5, 0.6) is 0 Å². The minimum atomic E-state index is -0.134. The van der Waals surface area contributed by atoms with Crippen LogP contribution in [0.4, 0.5) is 0 Å². The van der Waals surface area contributed by atoms with E-state index >= 15 is 0 Å². The van der Waals surface area contributed by atoms with Crippen LogP contribution < -0.4 is 0 Å². The molecule has 1 aromatic carbocycles. The van der Waals surface area contributed by atoms with E-state index in [0.29, 0.717) is 0 Å². The number of methoxy groups -OCH3 is 1. The summed E-state index contributed by atoms with van der Waals surface area (Å²) < 4.78 is 4.81. The van der Waals surface area contributed by atoms with Gasteiger partial charge in [0.2, 0.25) is 0 Å². The van der Waals surface area contributed by atoms with Crippen molar-refractivity contribution in [2.45, 2.75) is 19.3 Å². The molecule has 0 spiro atoms. The maximum absolute atomic E-state index is 11.6. The second-order valence-corrected chi connectivity index (χ2v) is 3.78. The first-order valence-electron chi connectivity index (χ1n) is 5.50. The van der Waals surface area contributed by atoms with Crippen molar-refractivity contribution in [3.05, 3.63) is 48.6 Å². The van der Waals surface area contributed by atoms with Gasteiger partial charge in [0.15, 0.2) is 0 Å². The number of hydrogen-bond donors (Lipinski definition) is 0. The van der Waals surface area contributed by atoms with Gasteiger partial charge in [-0.2, -0.15) is 0 Å². The normalized spacial score (nSPS) is 11.8. The Balaban J connectivity index is 2.63. The van der Waals surface area contributed by atoms with Gasteiger partial charge >= 0.3 is 5.97 Å². The molecular formula is C14H18O2.